The number of rotatable bonds is 4. The maximum atomic E-state index is 11.7. The van der Waals surface area contributed by atoms with Gasteiger partial charge in [0.05, 0.1) is 17.9 Å². The second-order valence-corrected chi connectivity index (χ2v) is 4.05. The highest BCUT2D eigenvalue weighted by Gasteiger charge is 2.19. The van der Waals surface area contributed by atoms with Crippen LogP contribution in [0.1, 0.15) is 36.0 Å². The van der Waals surface area contributed by atoms with Crippen molar-refractivity contribution in [2.75, 3.05) is 6.61 Å². The molecule has 0 aliphatic carbocycles. The van der Waals surface area contributed by atoms with Crippen LogP contribution >= 0.6 is 11.6 Å². The smallest absolute Gasteiger partial charge is 0.203 e. The molecule has 1 unspecified atom stereocenters. The Hall–Kier alpha value is -0.800. The number of Topliss-reactive ketones (excluding diaryl/α,β-unsaturated/α-hetero) is 1. The normalized spacial score (nSPS) is 20.7. The molecule has 0 N–H and O–H groups in total. The van der Waals surface area contributed by atoms with Gasteiger partial charge in [0.15, 0.2) is 5.78 Å². The van der Waals surface area contributed by atoms with Crippen LogP contribution in [0.5, 0.6) is 0 Å². The number of carbonyl (C=O) groups excluding carboxylic acids is 1. The molecule has 82 valence electrons. The van der Waals surface area contributed by atoms with Crippen LogP contribution in [0.4, 0.5) is 0 Å². The molecule has 2 heterocycles. The molecule has 1 aliphatic heterocycles. The molecular weight excluding hydrogens is 216 g/mol. The summed E-state index contributed by atoms with van der Waals surface area (Å²) in [6, 6.07) is 1.61. The first kappa shape index (κ1) is 10.7. The monoisotopic (exact) mass is 228 g/mol. The van der Waals surface area contributed by atoms with Crippen LogP contribution in [0.2, 0.25) is 5.22 Å². The van der Waals surface area contributed by atoms with E-state index in [-0.39, 0.29) is 17.1 Å². The summed E-state index contributed by atoms with van der Waals surface area (Å²) >= 11 is 5.71. The first-order valence-electron chi connectivity index (χ1n) is 5.15. The van der Waals surface area contributed by atoms with Crippen LogP contribution in [0.15, 0.2) is 16.7 Å². The van der Waals surface area contributed by atoms with Crippen LogP contribution in [-0.4, -0.2) is 18.5 Å². The van der Waals surface area contributed by atoms with E-state index in [2.05, 4.69) is 0 Å². The molecule has 1 aromatic rings. The molecule has 0 radical (unpaired) electrons. The summed E-state index contributed by atoms with van der Waals surface area (Å²) in [4.78, 5) is 11.7. The van der Waals surface area contributed by atoms with Crippen molar-refractivity contribution in [3.05, 3.63) is 23.1 Å². The molecule has 1 aliphatic rings. The van der Waals surface area contributed by atoms with Crippen molar-refractivity contribution >= 4 is 17.4 Å². The average Bonchev–Trinajstić information content (AvgIpc) is 2.84. The van der Waals surface area contributed by atoms with E-state index in [0.717, 1.165) is 25.9 Å². The van der Waals surface area contributed by atoms with Gasteiger partial charge in [-0.2, -0.15) is 0 Å². The molecule has 4 heteroatoms. The van der Waals surface area contributed by atoms with Crippen molar-refractivity contribution in [2.45, 2.75) is 31.8 Å². The summed E-state index contributed by atoms with van der Waals surface area (Å²) in [6.07, 6.45) is 5.10. The molecule has 0 spiro atoms. The maximum Gasteiger partial charge on any atom is 0.203 e. The molecule has 2 rings (SSSR count). The van der Waals surface area contributed by atoms with Gasteiger partial charge in [-0.1, -0.05) is 0 Å². The quantitative estimate of drug-likeness (QED) is 0.744. The zero-order valence-electron chi connectivity index (χ0n) is 8.37. The standard InChI is InChI=1S/C11H13ClO3/c12-11-9(5-7-15-11)10(13)4-3-8-2-1-6-14-8/h5,7-8H,1-4,6H2. The van der Waals surface area contributed by atoms with Crippen LogP contribution in [-0.2, 0) is 4.74 Å². The minimum Gasteiger partial charge on any atom is -0.452 e. The van der Waals surface area contributed by atoms with Gasteiger partial charge >= 0.3 is 0 Å². The van der Waals surface area contributed by atoms with E-state index in [1.807, 2.05) is 0 Å². The Morgan fingerprint density at radius 3 is 3.07 bits per heavy atom. The Bertz CT molecular complexity index is 339. The fraction of sp³-hybridized carbons (Fsp3) is 0.545. The Kier molecular flexibility index (Phi) is 3.44. The number of carbonyl (C=O) groups is 1. The first-order chi connectivity index (χ1) is 7.27. The van der Waals surface area contributed by atoms with Crippen LogP contribution in [0.25, 0.3) is 0 Å². The third-order valence-electron chi connectivity index (χ3n) is 2.64. The van der Waals surface area contributed by atoms with Gasteiger partial charge in [0, 0.05) is 13.0 Å². The highest BCUT2D eigenvalue weighted by Crippen LogP contribution is 2.22. The van der Waals surface area contributed by atoms with Crippen LogP contribution in [0, 0.1) is 0 Å². The fourth-order valence-electron chi connectivity index (χ4n) is 1.79. The fourth-order valence-corrected chi connectivity index (χ4v) is 2.01. The van der Waals surface area contributed by atoms with Gasteiger partial charge in [-0.3, -0.25) is 4.79 Å². The van der Waals surface area contributed by atoms with Gasteiger partial charge < -0.3 is 9.15 Å². The lowest BCUT2D eigenvalue weighted by Crippen LogP contribution is -2.08. The molecule has 0 aromatic carbocycles. The third kappa shape index (κ3) is 2.61. The lowest BCUT2D eigenvalue weighted by atomic mass is 10.1. The minimum absolute atomic E-state index is 0.0317. The molecule has 0 amide bonds. The number of ketones is 1. The topological polar surface area (TPSA) is 39.4 Å². The van der Waals surface area contributed by atoms with Crippen LogP contribution < -0.4 is 0 Å². The van der Waals surface area contributed by atoms with Gasteiger partial charge in [-0.15, -0.1) is 0 Å². The van der Waals surface area contributed by atoms with Crippen molar-refractivity contribution in [1.29, 1.82) is 0 Å². The van der Waals surface area contributed by atoms with E-state index in [1.165, 1.54) is 6.26 Å². The second-order valence-electron chi connectivity index (χ2n) is 3.70. The van der Waals surface area contributed by atoms with Gasteiger partial charge in [0.25, 0.3) is 0 Å². The zero-order chi connectivity index (χ0) is 10.7. The van der Waals surface area contributed by atoms with Crippen molar-refractivity contribution in [1.82, 2.24) is 0 Å². The third-order valence-corrected chi connectivity index (χ3v) is 2.93. The Labute approximate surface area is 93.4 Å². The number of furan rings is 1. The second kappa shape index (κ2) is 4.81. The summed E-state index contributed by atoms with van der Waals surface area (Å²) < 4.78 is 10.3. The first-order valence-corrected chi connectivity index (χ1v) is 5.53. The average molecular weight is 229 g/mol. The largest absolute Gasteiger partial charge is 0.452 e. The lowest BCUT2D eigenvalue weighted by Gasteiger charge is -2.07. The SMILES string of the molecule is O=C(CCC1CCCO1)c1ccoc1Cl. The summed E-state index contributed by atoms with van der Waals surface area (Å²) in [5.41, 5.74) is 0.481. The summed E-state index contributed by atoms with van der Waals surface area (Å²) in [7, 11) is 0. The van der Waals surface area contributed by atoms with Crippen molar-refractivity contribution in [2.24, 2.45) is 0 Å². The molecule has 0 bridgehead atoms. The van der Waals surface area contributed by atoms with Gasteiger partial charge in [0.1, 0.15) is 0 Å². The summed E-state index contributed by atoms with van der Waals surface area (Å²) in [5, 5.41) is 0.187. The van der Waals surface area contributed by atoms with Gasteiger partial charge in [-0.25, -0.2) is 0 Å². The highest BCUT2D eigenvalue weighted by molar-refractivity contribution is 6.32. The van der Waals surface area contributed by atoms with E-state index in [1.54, 1.807) is 6.07 Å². The molecule has 3 nitrogen and oxygen atoms in total. The molecule has 0 saturated carbocycles. The molecule has 1 saturated heterocycles. The highest BCUT2D eigenvalue weighted by atomic mass is 35.5. The zero-order valence-corrected chi connectivity index (χ0v) is 9.13. The van der Waals surface area contributed by atoms with E-state index < -0.39 is 0 Å². The lowest BCUT2D eigenvalue weighted by molar-refractivity contribution is 0.0859. The number of hydrogen-bond acceptors (Lipinski definition) is 3. The van der Waals surface area contributed by atoms with E-state index in [9.17, 15) is 4.79 Å². The van der Waals surface area contributed by atoms with Gasteiger partial charge in [-0.05, 0) is 36.9 Å². The number of ether oxygens (including phenoxy) is 1. The number of hydrogen-bond donors (Lipinski definition) is 0. The maximum absolute atomic E-state index is 11.7. The van der Waals surface area contributed by atoms with Crippen LogP contribution in [0.3, 0.4) is 0 Å². The minimum atomic E-state index is 0.0317. The number of halogens is 1. The molecule has 15 heavy (non-hydrogen) atoms. The van der Waals surface area contributed by atoms with Crippen molar-refractivity contribution in [3.63, 3.8) is 0 Å². The Morgan fingerprint density at radius 2 is 2.47 bits per heavy atom. The summed E-state index contributed by atoms with van der Waals surface area (Å²) in [5.74, 6) is 0.0317. The van der Waals surface area contributed by atoms with E-state index >= 15 is 0 Å². The Balaban J connectivity index is 1.84. The van der Waals surface area contributed by atoms with Gasteiger partial charge in [0.2, 0.25) is 5.22 Å². The van der Waals surface area contributed by atoms with Crippen molar-refractivity contribution in [3.8, 4) is 0 Å². The predicted octanol–water partition coefficient (Wildman–Crippen LogP) is 3.07. The van der Waals surface area contributed by atoms with E-state index in [4.69, 9.17) is 20.8 Å². The van der Waals surface area contributed by atoms with E-state index in [0.29, 0.717) is 12.0 Å². The Morgan fingerprint density at radius 1 is 1.60 bits per heavy atom. The predicted molar refractivity (Wildman–Crippen MR) is 56.3 cm³/mol. The molecule has 1 atom stereocenters. The summed E-state index contributed by atoms with van der Waals surface area (Å²) in [6.45, 7) is 0.825. The van der Waals surface area contributed by atoms with Crippen molar-refractivity contribution < 1.29 is 13.9 Å². The molecule has 1 aromatic heterocycles. The molecular formula is C11H13ClO3. The molecule has 1 fully saturated rings.